The van der Waals surface area contributed by atoms with Crippen LogP contribution >= 0.6 is 11.8 Å². The Kier molecular flexibility index (Phi) is 5.14. The van der Waals surface area contributed by atoms with Crippen LogP contribution in [0.25, 0.3) is 16.6 Å². The molecule has 4 rings (SSSR count). The number of anilines is 2. The fourth-order valence-electron chi connectivity index (χ4n) is 3.21. The maximum Gasteiger partial charge on any atom is 0.414 e. The minimum Gasteiger partial charge on any atom is -0.447 e. The number of amides is 2. The number of nitrogens with zero attached hydrogens (tertiary/aromatic N) is 3. The number of nitrogens with one attached hydrogen (secondary N) is 1. The predicted octanol–water partition coefficient (Wildman–Crippen LogP) is 3.81. The van der Waals surface area contributed by atoms with Crippen molar-refractivity contribution in [1.82, 2.24) is 9.78 Å². The lowest BCUT2D eigenvalue weighted by Gasteiger charge is -2.15. The van der Waals surface area contributed by atoms with E-state index in [0.717, 1.165) is 0 Å². The number of aromatic nitrogens is 2. The molecule has 1 fully saturated rings. The fraction of sp³-hybridized carbons (Fsp3) is 0.250. The summed E-state index contributed by atoms with van der Waals surface area (Å²) in [5.74, 6) is -0.292. The first-order valence-corrected chi connectivity index (χ1v) is 10.3. The molecule has 29 heavy (non-hydrogen) atoms. The van der Waals surface area contributed by atoms with E-state index >= 15 is 0 Å². The molecule has 0 saturated carbocycles. The molecule has 9 heteroatoms. The lowest BCUT2D eigenvalue weighted by Crippen LogP contribution is -2.25. The van der Waals surface area contributed by atoms with E-state index in [1.165, 1.54) is 28.8 Å². The monoisotopic (exact) mass is 414 g/mol. The zero-order valence-corrected chi connectivity index (χ0v) is 16.7. The van der Waals surface area contributed by atoms with Crippen LogP contribution in [0.15, 0.2) is 42.5 Å². The second kappa shape index (κ2) is 7.75. The highest BCUT2D eigenvalue weighted by Crippen LogP contribution is 2.36. The number of rotatable bonds is 5. The van der Waals surface area contributed by atoms with E-state index < -0.39 is 11.9 Å². The fourth-order valence-corrected chi connectivity index (χ4v) is 3.48. The molecule has 150 valence electrons. The Labute approximate surface area is 170 Å². The molecule has 0 aliphatic carbocycles. The molecule has 1 aliphatic heterocycles. The van der Waals surface area contributed by atoms with E-state index in [-0.39, 0.29) is 11.2 Å². The average molecular weight is 414 g/mol. The average Bonchev–Trinajstić information content (AvgIpc) is 3.31. The summed E-state index contributed by atoms with van der Waals surface area (Å²) in [6, 6.07) is 11.4. The number of carbonyl (C=O) groups excluding carboxylic acids is 2. The quantitative estimate of drug-likeness (QED) is 0.687. The summed E-state index contributed by atoms with van der Waals surface area (Å²) >= 11 is 1.41. The van der Waals surface area contributed by atoms with Crippen molar-refractivity contribution in [2.75, 3.05) is 29.6 Å². The first-order valence-electron chi connectivity index (χ1n) is 9.05. The molecule has 7 nitrogen and oxygen atoms in total. The SMILES string of the molecule is CS[C@@H](C)C(=O)Nc1nn(-c2cccc(F)c2)c2cccc(N3CCOC3=O)c12. The third-order valence-corrected chi connectivity index (χ3v) is 5.68. The van der Waals surface area contributed by atoms with Crippen molar-refractivity contribution in [3.63, 3.8) is 0 Å². The van der Waals surface area contributed by atoms with Gasteiger partial charge in [0.1, 0.15) is 12.4 Å². The van der Waals surface area contributed by atoms with E-state index in [9.17, 15) is 14.0 Å². The number of hydrogen-bond donors (Lipinski definition) is 1. The number of ether oxygens (including phenoxy) is 1. The summed E-state index contributed by atoms with van der Waals surface area (Å²) in [6.45, 7) is 2.49. The number of thioether (sulfide) groups is 1. The Bertz CT molecular complexity index is 1100. The topological polar surface area (TPSA) is 76.5 Å². The Balaban J connectivity index is 1.91. The van der Waals surface area contributed by atoms with Gasteiger partial charge in [0.2, 0.25) is 5.91 Å². The highest BCUT2D eigenvalue weighted by Gasteiger charge is 2.28. The van der Waals surface area contributed by atoms with Crippen molar-refractivity contribution in [2.24, 2.45) is 0 Å². The normalized spacial score (nSPS) is 14.9. The minimum atomic E-state index is -0.453. The summed E-state index contributed by atoms with van der Waals surface area (Å²) in [7, 11) is 0. The van der Waals surface area contributed by atoms with Crippen molar-refractivity contribution in [2.45, 2.75) is 12.2 Å². The lowest BCUT2D eigenvalue weighted by molar-refractivity contribution is -0.115. The van der Waals surface area contributed by atoms with Gasteiger partial charge in [-0.3, -0.25) is 9.69 Å². The molecular weight excluding hydrogens is 395 g/mol. The van der Waals surface area contributed by atoms with Gasteiger partial charge in [0.05, 0.1) is 34.1 Å². The molecule has 1 N–H and O–H groups in total. The number of hydrogen-bond acceptors (Lipinski definition) is 5. The maximum absolute atomic E-state index is 13.8. The number of fused-ring (bicyclic) bond motifs is 1. The van der Waals surface area contributed by atoms with Crippen molar-refractivity contribution in [1.29, 1.82) is 0 Å². The third-order valence-electron chi connectivity index (χ3n) is 4.75. The van der Waals surface area contributed by atoms with Gasteiger partial charge in [-0.25, -0.2) is 13.9 Å². The minimum absolute atomic E-state index is 0.206. The second-order valence-corrected chi connectivity index (χ2v) is 7.72. The van der Waals surface area contributed by atoms with Crippen LogP contribution in [0, 0.1) is 5.82 Å². The van der Waals surface area contributed by atoms with Gasteiger partial charge in [0, 0.05) is 0 Å². The highest BCUT2D eigenvalue weighted by molar-refractivity contribution is 7.99. The van der Waals surface area contributed by atoms with Crippen molar-refractivity contribution in [3.8, 4) is 5.69 Å². The van der Waals surface area contributed by atoms with Crippen molar-refractivity contribution >= 4 is 46.2 Å². The van der Waals surface area contributed by atoms with E-state index in [2.05, 4.69) is 10.4 Å². The van der Waals surface area contributed by atoms with Crippen LogP contribution in [0.5, 0.6) is 0 Å². The molecule has 1 aromatic heterocycles. The van der Waals surface area contributed by atoms with E-state index in [0.29, 0.717) is 41.2 Å². The van der Waals surface area contributed by atoms with Crippen LogP contribution in [-0.2, 0) is 9.53 Å². The number of carbonyl (C=O) groups is 2. The van der Waals surface area contributed by atoms with E-state index in [1.807, 2.05) is 12.3 Å². The molecule has 0 spiro atoms. The largest absolute Gasteiger partial charge is 0.447 e. The molecule has 2 amide bonds. The van der Waals surface area contributed by atoms with Crippen molar-refractivity contribution in [3.05, 3.63) is 48.3 Å². The lowest BCUT2D eigenvalue weighted by atomic mass is 10.2. The zero-order chi connectivity index (χ0) is 20.5. The predicted molar refractivity (Wildman–Crippen MR) is 111 cm³/mol. The molecule has 1 atom stereocenters. The molecule has 2 aromatic carbocycles. The first-order chi connectivity index (χ1) is 14.0. The molecule has 0 bridgehead atoms. The summed E-state index contributed by atoms with van der Waals surface area (Å²) in [6.07, 6.45) is 1.39. The van der Waals surface area contributed by atoms with Gasteiger partial charge in [0.25, 0.3) is 0 Å². The van der Waals surface area contributed by atoms with Gasteiger partial charge >= 0.3 is 6.09 Å². The van der Waals surface area contributed by atoms with Crippen LogP contribution < -0.4 is 10.2 Å². The molecule has 0 unspecified atom stereocenters. The van der Waals surface area contributed by atoms with Gasteiger partial charge in [-0.05, 0) is 43.5 Å². The molecule has 0 radical (unpaired) electrons. The van der Waals surface area contributed by atoms with Crippen LogP contribution in [-0.4, -0.2) is 46.4 Å². The van der Waals surface area contributed by atoms with Gasteiger partial charge in [-0.15, -0.1) is 5.10 Å². The molecule has 1 saturated heterocycles. The summed E-state index contributed by atoms with van der Waals surface area (Å²) in [5, 5.41) is 7.71. The van der Waals surface area contributed by atoms with Crippen molar-refractivity contribution < 1.29 is 18.7 Å². The third kappa shape index (κ3) is 3.53. The van der Waals surface area contributed by atoms with Gasteiger partial charge in [-0.2, -0.15) is 11.8 Å². The van der Waals surface area contributed by atoms with E-state index in [1.54, 1.807) is 35.9 Å². The van der Waals surface area contributed by atoms with Crippen LogP contribution in [0.3, 0.4) is 0 Å². The molecular formula is C20H19FN4O3S. The van der Waals surface area contributed by atoms with Crippen LogP contribution in [0.1, 0.15) is 6.92 Å². The standard InChI is InChI=1S/C20H19FN4O3S/c1-12(29-2)19(26)22-18-17-15(24-9-10-28-20(24)27)7-4-8-16(17)25(23-18)14-6-3-5-13(21)11-14/h3-8,11-12H,9-10H2,1-2H3,(H,22,23,26)/t12-/m0/s1. The molecule has 2 heterocycles. The molecule has 1 aliphatic rings. The van der Waals surface area contributed by atoms with Gasteiger partial charge in [-0.1, -0.05) is 12.1 Å². The highest BCUT2D eigenvalue weighted by atomic mass is 32.2. The summed E-state index contributed by atoms with van der Waals surface area (Å²) in [5.41, 5.74) is 1.73. The summed E-state index contributed by atoms with van der Waals surface area (Å²) < 4.78 is 20.4. The Morgan fingerprint density at radius 3 is 2.79 bits per heavy atom. The number of halogens is 1. The van der Waals surface area contributed by atoms with Gasteiger partial charge < -0.3 is 10.1 Å². The van der Waals surface area contributed by atoms with Crippen LogP contribution in [0.4, 0.5) is 20.7 Å². The van der Waals surface area contributed by atoms with E-state index in [4.69, 9.17) is 4.74 Å². The second-order valence-electron chi connectivity index (χ2n) is 6.54. The first kappa shape index (κ1) is 19.3. The molecule has 3 aromatic rings. The smallest absolute Gasteiger partial charge is 0.414 e. The van der Waals surface area contributed by atoms with Crippen LogP contribution in [0.2, 0.25) is 0 Å². The maximum atomic E-state index is 13.8. The number of cyclic esters (lactones) is 1. The van der Waals surface area contributed by atoms with Gasteiger partial charge in [0.15, 0.2) is 5.82 Å². The summed E-state index contributed by atoms with van der Waals surface area (Å²) in [4.78, 5) is 26.2. The Morgan fingerprint density at radius 2 is 2.10 bits per heavy atom. The zero-order valence-electron chi connectivity index (χ0n) is 15.9. The number of benzene rings is 2. The Hall–Kier alpha value is -3.07. The Morgan fingerprint density at radius 1 is 1.31 bits per heavy atom.